The van der Waals surface area contributed by atoms with E-state index in [2.05, 4.69) is 41.4 Å². The number of rotatable bonds is 5. The van der Waals surface area contributed by atoms with Crippen LogP contribution in [-0.4, -0.2) is 10.2 Å². The van der Waals surface area contributed by atoms with Crippen LogP contribution in [-0.2, 0) is 12.8 Å². The van der Waals surface area contributed by atoms with E-state index >= 15 is 0 Å². The molecule has 90 valence electrons. The average Bonchev–Trinajstić information content (AvgIpc) is 2.74. The van der Waals surface area contributed by atoms with Crippen LogP contribution in [0.15, 0.2) is 28.7 Å². The van der Waals surface area contributed by atoms with Gasteiger partial charge in [0.05, 0.1) is 6.42 Å². The summed E-state index contributed by atoms with van der Waals surface area (Å²) in [6.07, 6.45) is 4.37. The molecule has 3 heteroatoms. The molecule has 17 heavy (non-hydrogen) atoms. The summed E-state index contributed by atoms with van der Waals surface area (Å²) in [6.45, 7) is 4.02. The Hall–Kier alpha value is -1.64. The van der Waals surface area contributed by atoms with Gasteiger partial charge >= 0.3 is 0 Å². The van der Waals surface area contributed by atoms with Gasteiger partial charge in [-0.2, -0.15) is 0 Å². The molecule has 3 nitrogen and oxygen atoms in total. The van der Waals surface area contributed by atoms with Gasteiger partial charge in [0.2, 0.25) is 11.8 Å². The van der Waals surface area contributed by atoms with E-state index in [1.807, 2.05) is 6.92 Å². The summed E-state index contributed by atoms with van der Waals surface area (Å²) in [5.74, 6) is 1.31. The van der Waals surface area contributed by atoms with E-state index in [-0.39, 0.29) is 0 Å². The summed E-state index contributed by atoms with van der Waals surface area (Å²) in [4.78, 5) is 0. The summed E-state index contributed by atoms with van der Waals surface area (Å²) in [7, 11) is 0. The van der Waals surface area contributed by atoms with Crippen LogP contribution >= 0.6 is 0 Å². The molecule has 0 amide bonds. The number of aromatic nitrogens is 2. The van der Waals surface area contributed by atoms with Gasteiger partial charge in [-0.25, -0.2) is 0 Å². The molecule has 1 aromatic heterocycles. The molecule has 0 saturated carbocycles. The van der Waals surface area contributed by atoms with Crippen molar-refractivity contribution in [1.29, 1.82) is 0 Å². The molecule has 2 rings (SSSR count). The Balaban J connectivity index is 1.98. The van der Waals surface area contributed by atoms with Gasteiger partial charge in [-0.3, -0.25) is 0 Å². The van der Waals surface area contributed by atoms with Crippen LogP contribution in [0.2, 0.25) is 0 Å². The summed E-state index contributed by atoms with van der Waals surface area (Å²) in [5.41, 5.74) is 2.62. The summed E-state index contributed by atoms with van der Waals surface area (Å²) < 4.78 is 5.36. The number of unbranched alkanes of at least 4 members (excludes halogenated alkanes) is 1. The maximum Gasteiger partial charge on any atom is 0.220 e. The molecule has 0 aliphatic heterocycles. The van der Waals surface area contributed by atoms with Crippen molar-refractivity contribution in [3.63, 3.8) is 0 Å². The molecule has 0 aliphatic rings. The summed E-state index contributed by atoms with van der Waals surface area (Å²) in [5, 5.41) is 7.82. The van der Waals surface area contributed by atoms with Crippen molar-refractivity contribution in [3.05, 3.63) is 47.2 Å². The van der Waals surface area contributed by atoms with Gasteiger partial charge in [0.1, 0.15) is 0 Å². The molecule has 1 aromatic carbocycles. The second kappa shape index (κ2) is 5.62. The number of hydrogen-bond acceptors (Lipinski definition) is 3. The molecular weight excluding hydrogens is 212 g/mol. The highest BCUT2D eigenvalue weighted by atomic mass is 16.4. The minimum Gasteiger partial charge on any atom is -0.425 e. The van der Waals surface area contributed by atoms with Crippen molar-refractivity contribution >= 4 is 0 Å². The highest BCUT2D eigenvalue weighted by molar-refractivity contribution is 5.24. The van der Waals surface area contributed by atoms with Crippen molar-refractivity contribution in [1.82, 2.24) is 10.2 Å². The minimum absolute atomic E-state index is 0.625. The number of hydrogen-bond donors (Lipinski definition) is 0. The first-order chi connectivity index (χ1) is 8.28. The first-order valence-corrected chi connectivity index (χ1v) is 6.14. The lowest BCUT2D eigenvalue weighted by molar-refractivity contribution is 0.477. The number of benzene rings is 1. The van der Waals surface area contributed by atoms with Gasteiger partial charge < -0.3 is 4.42 Å². The SMILES string of the molecule is CCCCc1ccc(Cc2nnc(C)o2)cc1. The second-order valence-corrected chi connectivity index (χ2v) is 4.31. The predicted molar refractivity (Wildman–Crippen MR) is 66.9 cm³/mol. The van der Waals surface area contributed by atoms with E-state index in [4.69, 9.17) is 4.42 Å². The standard InChI is InChI=1S/C14H18N2O/c1-3-4-5-12-6-8-13(9-7-12)10-14-16-15-11(2)17-14/h6-9H,3-5,10H2,1-2H3. The largest absolute Gasteiger partial charge is 0.425 e. The highest BCUT2D eigenvalue weighted by Gasteiger charge is 2.03. The molecule has 0 radical (unpaired) electrons. The zero-order valence-corrected chi connectivity index (χ0v) is 10.4. The minimum atomic E-state index is 0.625. The summed E-state index contributed by atoms with van der Waals surface area (Å²) >= 11 is 0. The van der Waals surface area contributed by atoms with Gasteiger partial charge in [-0.05, 0) is 24.0 Å². The van der Waals surface area contributed by atoms with E-state index in [0.29, 0.717) is 11.8 Å². The van der Waals surface area contributed by atoms with Crippen molar-refractivity contribution in [2.24, 2.45) is 0 Å². The molecular formula is C14H18N2O. The lowest BCUT2D eigenvalue weighted by atomic mass is 10.1. The fraction of sp³-hybridized carbons (Fsp3) is 0.429. The molecule has 0 unspecified atom stereocenters. The molecule has 2 aromatic rings. The third-order valence-electron chi connectivity index (χ3n) is 2.77. The lowest BCUT2D eigenvalue weighted by Crippen LogP contribution is -1.90. The fourth-order valence-corrected chi connectivity index (χ4v) is 1.79. The maximum atomic E-state index is 5.36. The van der Waals surface area contributed by atoms with Gasteiger partial charge in [0.15, 0.2) is 0 Å². The van der Waals surface area contributed by atoms with Crippen LogP contribution in [0.5, 0.6) is 0 Å². The van der Waals surface area contributed by atoms with Crippen LogP contribution < -0.4 is 0 Å². The van der Waals surface area contributed by atoms with Gasteiger partial charge in [-0.1, -0.05) is 37.6 Å². The van der Waals surface area contributed by atoms with E-state index in [1.54, 1.807) is 0 Å². The molecule has 0 aliphatic carbocycles. The summed E-state index contributed by atoms with van der Waals surface area (Å²) in [6, 6.07) is 8.66. The number of nitrogens with zero attached hydrogens (tertiary/aromatic N) is 2. The molecule has 0 bridgehead atoms. The number of aryl methyl sites for hydroxylation is 2. The third kappa shape index (κ3) is 3.41. The predicted octanol–water partition coefficient (Wildman–Crippen LogP) is 3.31. The fourth-order valence-electron chi connectivity index (χ4n) is 1.79. The Morgan fingerprint density at radius 2 is 1.76 bits per heavy atom. The van der Waals surface area contributed by atoms with Crippen molar-refractivity contribution in [2.75, 3.05) is 0 Å². The molecule has 0 saturated heterocycles. The highest BCUT2D eigenvalue weighted by Crippen LogP contribution is 2.11. The normalized spacial score (nSPS) is 10.7. The molecule has 0 N–H and O–H groups in total. The van der Waals surface area contributed by atoms with Crippen molar-refractivity contribution < 1.29 is 4.42 Å². The maximum absolute atomic E-state index is 5.36. The van der Waals surface area contributed by atoms with Crippen molar-refractivity contribution in [3.8, 4) is 0 Å². The van der Waals surface area contributed by atoms with Crippen LogP contribution in [0.4, 0.5) is 0 Å². The van der Waals surface area contributed by atoms with Crippen LogP contribution in [0.1, 0.15) is 42.7 Å². The molecule has 0 fully saturated rings. The zero-order valence-electron chi connectivity index (χ0n) is 10.4. The molecule has 0 atom stereocenters. The van der Waals surface area contributed by atoms with Crippen LogP contribution in [0.3, 0.4) is 0 Å². The smallest absolute Gasteiger partial charge is 0.220 e. The zero-order chi connectivity index (χ0) is 12.1. The Labute approximate surface area is 102 Å². The van der Waals surface area contributed by atoms with E-state index in [1.165, 1.54) is 24.0 Å². The van der Waals surface area contributed by atoms with E-state index in [9.17, 15) is 0 Å². The van der Waals surface area contributed by atoms with Gasteiger partial charge in [0.25, 0.3) is 0 Å². The Morgan fingerprint density at radius 3 is 2.35 bits per heavy atom. The van der Waals surface area contributed by atoms with E-state index in [0.717, 1.165) is 12.8 Å². The monoisotopic (exact) mass is 230 g/mol. The Kier molecular flexibility index (Phi) is 3.91. The Bertz CT molecular complexity index is 459. The van der Waals surface area contributed by atoms with Crippen molar-refractivity contribution in [2.45, 2.75) is 39.5 Å². The quantitative estimate of drug-likeness (QED) is 0.791. The molecule has 1 heterocycles. The second-order valence-electron chi connectivity index (χ2n) is 4.31. The first-order valence-electron chi connectivity index (χ1n) is 6.14. The topological polar surface area (TPSA) is 38.9 Å². The lowest BCUT2D eigenvalue weighted by Gasteiger charge is -2.01. The molecule has 0 spiro atoms. The van der Waals surface area contributed by atoms with Crippen LogP contribution in [0, 0.1) is 6.92 Å². The van der Waals surface area contributed by atoms with Crippen LogP contribution in [0.25, 0.3) is 0 Å². The third-order valence-corrected chi connectivity index (χ3v) is 2.77. The van der Waals surface area contributed by atoms with Gasteiger partial charge in [0, 0.05) is 6.92 Å². The Morgan fingerprint density at radius 1 is 1.06 bits per heavy atom. The average molecular weight is 230 g/mol. The van der Waals surface area contributed by atoms with Gasteiger partial charge in [-0.15, -0.1) is 10.2 Å². The van der Waals surface area contributed by atoms with E-state index < -0.39 is 0 Å². The first kappa shape index (κ1) is 11.8.